The van der Waals surface area contributed by atoms with Crippen LogP contribution in [0.1, 0.15) is 200 Å². The molecule has 0 rings (SSSR count). The van der Waals surface area contributed by atoms with Crippen molar-refractivity contribution in [3.05, 3.63) is 85.1 Å². The fraction of sp³-hybridized carbons (Fsp3) is 0.667. The predicted octanol–water partition coefficient (Wildman–Crippen LogP) is 15.2. The molecular weight excluding hydrogens is 641 g/mol. The highest BCUT2D eigenvalue weighted by Crippen LogP contribution is 2.18. The van der Waals surface area contributed by atoms with Gasteiger partial charge < -0.3 is 9.84 Å². The molecule has 0 heterocycles. The van der Waals surface area contributed by atoms with Crippen molar-refractivity contribution in [2.75, 3.05) is 0 Å². The maximum absolute atomic E-state index is 12.7. The average molecular weight is 721 g/mol. The van der Waals surface area contributed by atoms with E-state index in [1.807, 2.05) is 0 Å². The lowest BCUT2D eigenvalue weighted by atomic mass is 10.0. The van der Waals surface area contributed by atoms with E-state index in [2.05, 4.69) is 98.9 Å². The molecule has 0 amide bonds. The minimum absolute atomic E-state index is 0.00527. The summed E-state index contributed by atoms with van der Waals surface area (Å²) >= 11 is 0. The third-order valence-corrected chi connectivity index (χ3v) is 9.11. The molecule has 0 aromatic rings. The second-order valence-electron chi connectivity index (χ2n) is 14.1. The first-order valence-corrected chi connectivity index (χ1v) is 21.6. The Kier molecular flexibility index (Phi) is 40.2. The second-order valence-corrected chi connectivity index (χ2v) is 14.1. The maximum atomic E-state index is 12.7. The van der Waals surface area contributed by atoms with Crippen molar-refractivity contribution in [3.63, 3.8) is 0 Å². The molecule has 0 fully saturated rings. The smallest absolute Gasteiger partial charge is 0.306 e. The van der Waals surface area contributed by atoms with Crippen LogP contribution in [0.3, 0.4) is 0 Å². The standard InChI is InChI=1S/C48H80O4/c1-3-5-7-9-11-13-15-17-19-20-21-22-24-26-28-30-32-37-41-45-48(51)52-46(43-39-35-33-36-40-44-47(49)50)42-38-34-31-29-27-25-23-18-16-14-12-10-8-6-4-2/h5,7,11,13,17,19,21-22,25-28,32,37,46H,3-4,6,8-10,12,14-16,18,20,23-24,29-31,33-36,38-45H2,1-2H3,(H,49,50)/b7-5-,13-11-,19-17-,22-21-,27-25-,28-26-,37-32-. The lowest BCUT2D eigenvalue weighted by Gasteiger charge is -2.18. The molecule has 0 spiro atoms. The van der Waals surface area contributed by atoms with Crippen LogP contribution >= 0.6 is 0 Å². The molecule has 0 saturated heterocycles. The molecule has 0 aromatic heterocycles. The summed E-state index contributed by atoms with van der Waals surface area (Å²) in [5, 5.41) is 8.84. The monoisotopic (exact) mass is 721 g/mol. The number of aliphatic carboxylic acids is 1. The van der Waals surface area contributed by atoms with Gasteiger partial charge in [-0.1, -0.05) is 170 Å². The van der Waals surface area contributed by atoms with E-state index in [-0.39, 0.29) is 18.5 Å². The van der Waals surface area contributed by atoms with Gasteiger partial charge in [0, 0.05) is 12.8 Å². The van der Waals surface area contributed by atoms with Crippen molar-refractivity contribution in [1.82, 2.24) is 0 Å². The van der Waals surface area contributed by atoms with Crippen molar-refractivity contribution in [2.45, 2.75) is 206 Å². The Labute approximate surface area is 321 Å². The van der Waals surface area contributed by atoms with E-state index in [4.69, 9.17) is 9.84 Å². The highest BCUT2D eigenvalue weighted by molar-refractivity contribution is 5.69. The van der Waals surface area contributed by atoms with Crippen LogP contribution in [0.15, 0.2) is 85.1 Å². The number of unbranched alkanes of at least 4 members (excludes halogenated alkanes) is 15. The SMILES string of the molecule is CC/C=C\C/C=C\C/C=C\C/C=C\C/C=C\C/C=C\CCC(=O)OC(CCCCC/C=C\CCCCCCCCCC)CCCCCCCC(=O)O. The number of hydrogen-bond donors (Lipinski definition) is 1. The lowest BCUT2D eigenvalue weighted by molar-refractivity contribution is -0.149. The van der Waals surface area contributed by atoms with Gasteiger partial charge in [-0.15, -0.1) is 0 Å². The zero-order valence-electron chi connectivity index (χ0n) is 33.8. The Bertz CT molecular complexity index is 996. The van der Waals surface area contributed by atoms with Gasteiger partial charge in [-0.05, 0) is 103 Å². The number of carboxylic acid groups (broad SMARTS) is 1. The molecule has 0 radical (unpaired) electrons. The Morgan fingerprint density at radius 3 is 1.31 bits per heavy atom. The Morgan fingerprint density at radius 1 is 0.442 bits per heavy atom. The fourth-order valence-electron chi connectivity index (χ4n) is 5.97. The van der Waals surface area contributed by atoms with Crippen molar-refractivity contribution >= 4 is 11.9 Å². The Balaban J connectivity index is 4.22. The van der Waals surface area contributed by atoms with Crippen LogP contribution in [0.5, 0.6) is 0 Å². The van der Waals surface area contributed by atoms with Gasteiger partial charge in [-0.25, -0.2) is 0 Å². The first kappa shape index (κ1) is 49.1. The Hall–Kier alpha value is -2.88. The van der Waals surface area contributed by atoms with Gasteiger partial charge >= 0.3 is 11.9 Å². The van der Waals surface area contributed by atoms with Crippen molar-refractivity contribution < 1.29 is 19.4 Å². The zero-order chi connectivity index (χ0) is 37.8. The maximum Gasteiger partial charge on any atom is 0.306 e. The normalized spacial score (nSPS) is 13.1. The number of carbonyl (C=O) groups is 2. The van der Waals surface area contributed by atoms with E-state index in [1.54, 1.807) is 0 Å². The second kappa shape index (κ2) is 42.5. The lowest BCUT2D eigenvalue weighted by Crippen LogP contribution is -2.18. The molecule has 4 heteroatoms. The fourth-order valence-corrected chi connectivity index (χ4v) is 5.97. The average Bonchev–Trinajstić information content (AvgIpc) is 3.13. The van der Waals surface area contributed by atoms with Crippen molar-refractivity contribution in [1.29, 1.82) is 0 Å². The van der Waals surface area contributed by atoms with E-state index in [0.29, 0.717) is 12.8 Å². The van der Waals surface area contributed by atoms with Gasteiger partial charge in [0.05, 0.1) is 0 Å². The molecule has 1 unspecified atom stereocenters. The van der Waals surface area contributed by atoms with Crippen molar-refractivity contribution in [2.24, 2.45) is 0 Å². The predicted molar refractivity (Wildman–Crippen MR) is 227 cm³/mol. The summed E-state index contributed by atoms with van der Waals surface area (Å²) in [5.41, 5.74) is 0. The van der Waals surface area contributed by atoms with Gasteiger partial charge in [0.2, 0.25) is 0 Å². The number of rotatable bonds is 38. The third kappa shape index (κ3) is 41.5. The summed E-state index contributed by atoms with van der Waals surface area (Å²) in [7, 11) is 0. The van der Waals surface area contributed by atoms with Crippen LogP contribution in [-0.4, -0.2) is 23.1 Å². The van der Waals surface area contributed by atoms with E-state index >= 15 is 0 Å². The molecule has 4 nitrogen and oxygen atoms in total. The quantitative estimate of drug-likeness (QED) is 0.0392. The van der Waals surface area contributed by atoms with Crippen LogP contribution in [0.2, 0.25) is 0 Å². The first-order chi connectivity index (χ1) is 25.6. The van der Waals surface area contributed by atoms with E-state index in [0.717, 1.165) is 96.3 Å². The number of esters is 1. The molecule has 0 aromatic carbocycles. The number of hydrogen-bond acceptors (Lipinski definition) is 3. The van der Waals surface area contributed by atoms with Gasteiger partial charge in [-0.3, -0.25) is 9.59 Å². The number of carbonyl (C=O) groups excluding carboxylic acids is 1. The summed E-state index contributed by atoms with van der Waals surface area (Å²) in [4.78, 5) is 23.4. The number of allylic oxidation sites excluding steroid dienone is 14. The summed E-state index contributed by atoms with van der Waals surface area (Å²) in [6.07, 6.45) is 61.8. The van der Waals surface area contributed by atoms with E-state index < -0.39 is 5.97 Å². The number of ether oxygens (including phenoxy) is 1. The third-order valence-electron chi connectivity index (χ3n) is 9.11. The van der Waals surface area contributed by atoms with Gasteiger partial charge in [0.1, 0.15) is 6.10 Å². The molecule has 296 valence electrons. The molecule has 52 heavy (non-hydrogen) atoms. The molecule has 0 aliphatic heterocycles. The molecule has 1 atom stereocenters. The minimum atomic E-state index is -0.713. The van der Waals surface area contributed by atoms with Crippen LogP contribution in [-0.2, 0) is 14.3 Å². The summed E-state index contributed by atoms with van der Waals surface area (Å²) in [6.45, 7) is 4.43. The first-order valence-electron chi connectivity index (χ1n) is 21.6. The highest BCUT2D eigenvalue weighted by Gasteiger charge is 2.14. The van der Waals surface area contributed by atoms with Crippen LogP contribution in [0.25, 0.3) is 0 Å². The van der Waals surface area contributed by atoms with Crippen molar-refractivity contribution in [3.8, 4) is 0 Å². The van der Waals surface area contributed by atoms with E-state index in [1.165, 1.54) is 70.6 Å². The van der Waals surface area contributed by atoms with Gasteiger partial charge in [-0.2, -0.15) is 0 Å². The highest BCUT2D eigenvalue weighted by atomic mass is 16.5. The molecule has 0 aliphatic rings. The summed E-state index contributed by atoms with van der Waals surface area (Å²) in [6, 6.07) is 0. The molecule has 1 N–H and O–H groups in total. The largest absolute Gasteiger partial charge is 0.481 e. The van der Waals surface area contributed by atoms with E-state index in [9.17, 15) is 9.59 Å². The zero-order valence-corrected chi connectivity index (χ0v) is 33.8. The van der Waals surface area contributed by atoms with Crippen LogP contribution in [0, 0.1) is 0 Å². The Morgan fingerprint density at radius 2 is 0.827 bits per heavy atom. The number of carboxylic acids is 1. The van der Waals surface area contributed by atoms with Crippen LogP contribution in [0.4, 0.5) is 0 Å². The topological polar surface area (TPSA) is 63.6 Å². The summed E-state index contributed by atoms with van der Waals surface area (Å²) < 4.78 is 5.97. The minimum Gasteiger partial charge on any atom is -0.481 e. The molecular formula is C48H80O4. The molecule has 0 saturated carbocycles. The summed E-state index contributed by atoms with van der Waals surface area (Å²) in [5.74, 6) is -0.801. The van der Waals surface area contributed by atoms with Gasteiger partial charge in [0.25, 0.3) is 0 Å². The van der Waals surface area contributed by atoms with Crippen LogP contribution < -0.4 is 0 Å². The molecule has 0 bridgehead atoms. The molecule has 0 aliphatic carbocycles. The van der Waals surface area contributed by atoms with Gasteiger partial charge in [0.15, 0.2) is 0 Å².